The van der Waals surface area contributed by atoms with Gasteiger partial charge in [-0.3, -0.25) is 4.79 Å². The zero-order valence-corrected chi connectivity index (χ0v) is 15.0. The van der Waals surface area contributed by atoms with Crippen LogP contribution in [0.2, 0.25) is 0 Å². The Morgan fingerprint density at radius 1 is 0.704 bits per heavy atom. The average Bonchev–Trinajstić information content (AvgIpc) is 2.75. The van der Waals surface area contributed by atoms with Gasteiger partial charge in [-0.25, -0.2) is 4.68 Å². The molecular weight excluding hydrogens is 332 g/mol. The Hall–Kier alpha value is -3.46. The van der Waals surface area contributed by atoms with Gasteiger partial charge in [0.05, 0.1) is 11.3 Å². The molecule has 0 aliphatic rings. The summed E-state index contributed by atoms with van der Waals surface area (Å²) in [5.41, 5.74) is 4.53. The molecule has 1 heterocycles. The third kappa shape index (κ3) is 3.87. The molecule has 0 saturated carbocycles. The molecule has 0 amide bonds. The van der Waals surface area contributed by atoms with Crippen molar-refractivity contribution in [1.29, 1.82) is 0 Å². The second-order valence-electron chi connectivity index (χ2n) is 6.44. The molecule has 0 aliphatic heterocycles. The smallest absolute Gasteiger partial charge is 0.267 e. The molecule has 0 atom stereocenters. The highest BCUT2D eigenvalue weighted by Gasteiger charge is 2.11. The van der Waals surface area contributed by atoms with Crippen LogP contribution >= 0.6 is 0 Å². The highest BCUT2D eigenvalue weighted by Crippen LogP contribution is 2.21. The lowest BCUT2D eigenvalue weighted by Crippen LogP contribution is -2.26. The molecule has 0 spiro atoms. The minimum atomic E-state index is -0.0585. The first-order valence-corrected chi connectivity index (χ1v) is 9.08. The van der Waals surface area contributed by atoms with E-state index >= 15 is 0 Å². The summed E-state index contributed by atoms with van der Waals surface area (Å²) in [5.74, 6) is 0. The monoisotopic (exact) mass is 352 g/mol. The lowest BCUT2D eigenvalue weighted by atomic mass is 10.0. The summed E-state index contributed by atoms with van der Waals surface area (Å²) < 4.78 is 1.59. The Bertz CT molecular complexity index is 1070. The molecule has 0 unspecified atom stereocenters. The molecule has 0 fully saturated rings. The van der Waals surface area contributed by atoms with Crippen LogP contribution in [-0.4, -0.2) is 9.78 Å². The molecule has 0 N–H and O–H groups in total. The van der Waals surface area contributed by atoms with E-state index in [2.05, 4.69) is 17.2 Å². The fourth-order valence-corrected chi connectivity index (χ4v) is 3.15. The van der Waals surface area contributed by atoms with Crippen molar-refractivity contribution < 1.29 is 0 Å². The number of benzene rings is 3. The van der Waals surface area contributed by atoms with E-state index < -0.39 is 0 Å². The SMILES string of the molecule is O=c1c(-c2ccccc2)cc(-c2ccccc2)nn1CCc1ccccc1. The lowest BCUT2D eigenvalue weighted by molar-refractivity contribution is 0.582. The van der Waals surface area contributed by atoms with E-state index in [4.69, 9.17) is 0 Å². The van der Waals surface area contributed by atoms with Gasteiger partial charge >= 0.3 is 0 Å². The average molecular weight is 352 g/mol. The van der Waals surface area contributed by atoms with Crippen LogP contribution in [0.15, 0.2) is 102 Å². The molecule has 1 aromatic heterocycles. The Kier molecular flexibility index (Phi) is 4.93. The predicted octanol–water partition coefficient (Wildman–Crippen LogP) is 4.82. The van der Waals surface area contributed by atoms with Crippen molar-refractivity contribution in [2.75, 3.05) is 0 Å². The normalized spacial score (nSPS) is 10.7. The molecule has 3 aromatic carbocycles. The number of hydrogen-bond donors (Lipinski definition) is 0. The second kappa shape index (κ2) is 7.83. The lowest BCUT2D eigenvalue weighted by Gasteiger charge is -2.11. The topological polar surface area (TPSA) is 34.9 Å². The van der Waals surface area contributed by atoms with Crippen LogP contribution in [0, 0.1) is 0 Å². The summed E-state index contributed by atoms with van der Waals surface area (Å²) in [6, 6.07) is 31.8. The van der Waals surface area contributed by atoms with Crippen molar-refractivity contribution in [3.63, 3.8) is 0 Å². The first kappa shape index (κ1) is 17.0. The number of rotatable bonds is 5. The quantitative estimate of drug-likeness (QED) is 0.516. The summed E-state index contributed by atoms with van der Waals surface area (Å²) >= 11 is 0. The predicted molar refractivity (Wildman–Crippen MR) is 110 cm³/mol. The third-order valence-corrected chi connectivity index (χ3v) is 4.58. The van der Waals surface area contributed by atoms with Crippen LogP contribution in [0.5, 0.6) is 0 Å². The molecule has 3 nitrogen and oxygen atoms in total. The summed E-state index contributed by atoms with van der Waals surface area (Å²) in [4.78, 5) is 13.1. The second-order valence-corrected chi connectivity index (χ2v) is 6.44. The molecule has 4 rings (SSSR count). The van der Waals surface area contributed by atoms with Crippen LogP contribution in [0.1, 0.15) is 5.56 Å². The van der Waals surface area contributed by atoms with Crippen molar-refractivity contribution in [2.45, 2.75) is 13.0 Å². The summed E-state index contributed by atoms with van der Waals surface area (Å²) in [6.45, 7) is 0.545. The van der Waals surface area contributed by atoms with Crippen molar-refractivity contribution >= 4 is 0 Å². The fraction of sp³-hybridized carbons (Fsp3) is 0.0833. The van der Waals surface area contributed by atoms with E-state index in [0.717, 1.165) is 23.2 Å². The van der Waals surface area contributed by atoms with Crippen LogP contribution < -0.4 is 5.56 Å². The zero-order valence-electron chi connectivity index (χ0n) is 15.0. The minimum absolute atomic E-state index is 0.0585. The summed E-state index contributed by atoms with van der Waals surface area (Å²) in [5, 5.41) is 4.65. The van der Waals surface area contributed by atoms with Crippen LogP contribution in [0.4, 0.5) is 0 Å². The zero-order chi connectivity index (χ0) is 18.5. The first-order valence-electron chi connectivity index (χ1n) is 9.08. The minimum Gasteiger partial charge on any atom is -0.267 e. The largest absolute Gasteiger partial charge is 0.274 e. The van der Waals surface area contributed by atoms with E-state index in [-0.39, 0.29) is 5.56 Å². The molecule has 0 radical (unpaired) electrons. The summed E-state index contributed by atoms with van der Waals surface area (Å²) in [7, 11) is 0. The Morgan fingerprint density at radius 2 is 1.26 bits per heavy atom. The van der Waals surface area contributed by atoms with Gasteiger partial charge in [0, 0.05) is 12.1 Å². The van der Waals surface area contributed by atoms with E-state index in [9.17, 15) is 4.79 Å². The van der Waals surface area contributed by atoms with Gasteiger partial charge in [0.25, 0.3) is 5.56 Å². The maximum atomic E-state index is 13.1. The standard InChI is InChI=1S/C24H20N2O/c27-24-22(20-12-6-2-7-13-20)18-23(21-14-8-3-9-15-21)25-26(24)17-16-19-10-4-1-5-11-19/h1-15,18H,16-17H2. The fourth-order valence-electron chi connectivity index (χ4n) is 3.15. The van der Waals surface area contributed by atoms with Gasteiger partial charge in [-0.15, -0.1) is 0 Å². The molecular formula is C24H20N2O. The molecule has 0 aliphatic carbocycles. The van der Waals surface area contributed by atoms with Crippen molar-refractivity contribution in [1.82, 2.24) is 9.78 Å². The van der Waals surface area contributed by atoms with Crippen molar-refractivity contribution in [2.24, 2.45) is 0 Å². The van der Waals surface area contributed by atoms with Gasteiger partial charge in [0.15, 0.2) is 0 Å². The maximum Gasteiger partial charge on any atom is 0.274 e. The number of aryl methyl sites for hydroxylation is 2. The van der Waals surface area contributed by atoms with Gasteiger partial charge in [-0.05, 0) is 23.6 Å². The van der Waals surface area contributed by atoms with Crippen LogP contribution in [0.3, 0.4) is 0 Å². The Morgan fingerprint density at radius 3 is 1.89 bits per heavy atom. The Balaban J connectivity index is 1.78. The number of aromatic nitrogens is 2. The number of nitrogens with zero attached hydrogens (tertiary/aromatic N) is 2. The van der Waals surface area contributed by atoms with Gasteiger partial charge in [-0.1, -0.05) is 91.0 Å². The van der Waals surface area contributed by atoms with Gasteiger partial charge in [0.1, 0.15) is 0 Å². The van der Waals surface area contributed by atoms with Gasteiger partial charge in [-0.2, -0.15) is 5.10 Å². The molecule has 3 heteroatoms. The van der Waals surface area contributed by atoms with E-state index in [1.807, 2.05) is 84.9 Å². The number of hydrogen-bond acceptors (Lipinski definition) is 2. The summed E-state index contributed by atoms with van der Waals surface area (Å²) in [6.07, 6.45) is 0.764. The van der Waals surface area contributed by atoms with Crippen LogP contribution in [0.25, 0.3) is 22.4 Å². The Labute approximate surface area is 158 Å². The maximum absolute atomic E-state index is 13.1. The molecule has 132 valence electrons. The van der Waals surface area contributed by atoms with Crippen molar-refractivity contribution in [3.05, 3.63) is 113 Å². The molecule has 27 heavy (non-hydrogen) atoms. The third-order valence-electron chi connectivity index (χ3n) is 4.58. The highest BCUT2D eigenvalue weighted by atomic mass is 16.1. The van der Waals surface area contributed by atoms with E-state index in [0.29, 0.717) is 12.1 Å². The molecule has 4 aromatic rings. The first-order chi connectivity index (χ1) is 13.3. The van der Waals surface area contributed by atoms with Crippen molar-refractivity contribution in [3.8, 4) is 22.4 Å². The van der Waals surface area contributed by atoms with Gasteiger partial charge in [0.2, 0.25) is 0 Å². The van der Waals surface area contributed by atoms with Gasteiger partial charge < -0.3 is 0 Å². The van der Waals surface area contributed by atoms with Crippen LogP contribution in [-0.2, 0) is 13.0 Å². The van der Waals surface area contributed by atoms with E-state index in [1.165, 1.54) is 5.56 Å². The highest BCUT2D eigenvalue weighted by molar-refractivity contribution is 5.69. The van der Waals surface area contributed by atoms with E-state index in [1.54, 1.807) is 4.68 Å². The molecule has 0 bridgehead atoms. The molecule has 0 saturated heterocycles.